The van der Waals surface area contributed by atoms with Crippen LogP contribution < -0.4 is 4.74 Å². The summed E-state index contributed by atoms with van der Waals surface area (Å²) in [6.07, 6.45) is -4.60. The first kappa shape index (κ1) is 15.9. The summed E-state index contributed by atoms with van der Waals surface area (Å²) in [4.78, 5) is 11.3. The SMILES string of the molecule is Cc1c(C(F)(F)F)ccc(OCc2ccccc2)c1C(=O)O. The van der Waals surface area contributed by atoms with Crippen LogP contribution >= 0.6 is 0 Å². The second-order valence-corrected chi connectivity index (χ2v) is 4.69. The zero-order valence-corrected chi connectivity index (χ0v) is 11.6. The zero-order valence-electron chi connectivity index (χ0n) is 11.6. The lowest BCUT2D eigenvalue weighted by molar-refractivity contribution is -0.138. The van der Waals surface area contributed by atoms with Gasteiger partial charge in [0, 0.05) is 0 Å². The highest BCUT2D eigenvalue weighted by molar-refractivity contribution is 5.93. The number of halogens is 3. The fourth-order valence-corrected chi connectivity index (χ4v) is 2.12. The normalized spacial score (nSPS) is 11.3. The monoisotopic (exact) mass is 310 g/mol. The van der Waals surface area contributed by atoms with Crippen molar-refractivity contribution in [3.8, 4) is 5.75 Å². The Bertz CT molecular complexity index is 679. The van der Waals surface area contributed by atoms with Crippen molar-refractivity contribution in [1.82, 2.24) is 0 Å². The molecule has 0 amide bonds. The molecule has 0 saturated heterocycles. The van der Waals surface area contributed by atoms with E-state index in [2.05, 4.69) is 0 Å². The average Bonchev–Trinajstić information content (AvgIpc) is 2.44. The Morgan fingerprint density at radius 1 is 1.14 bits per heavy atom. The van der Waals surface area contributed by atoms with Crippen molar-refractivity contribution in [3.05, 3.63) is 64.7 Å². The quantitative estimate of drug-likeness (QED) is 0.916. The third-order valence-corrected chi connectivity index (χ3v) is 3.18. The third-order valence-electron chi connectivity index (χ3n) is 3.18. The molecule has 0 saturated carbocycles. The van der Waals surface area contributed by atoms with Gasteiger partial charge in [0.1, 0.15) is 17.9 Å². The summed E-state index contributed by atoms with van der Waals surface area (Å²) in [5, 5.41) is 9.19. The summed E-state index contributed by atoms with van der Waals surface area (Å²) < 4.78 is 43.9. The van der Waals surface area contributed by atoms with Crippen molar-refractivity contribution < 1.29 is 27.8 Å². The number of carboxylic acid groups (broad SMARTS) is 1. The molecule has 0 heterocycles. The predicted molar refractivity (Wildman–Crippen MR) is 73.9 cm³/mol. The third kappa shape index (κ3) is 3.39. The highest BCUT2D eigenvalue weighted by Crippen LogP contribution is 2.36. The number of alkyl halides is 3. The van der Waals surface area contributed by atoms with E-state index in [0.717, 1.165) is 24.6 Å². The van der Waals surface area contributed by atoms with E-state index in [1.165, 1.54) is 0 Å². The molecular formula is C16H13F3O3. The summed E-state index contributed by atoms with van der Waals surface area (Å²) >= 11 is 0. The molecule has 1 N–H and O–H groups in total. The molecule has 0 radical (unpaired) electrons. The number of benzene rings is 2. The van der Waals surface area contributed by atoms with Gasteiger partial charge in [-0.25, -0.2) is 4.79 Å². The van der Waals surface area contributed by atoms with Crippen LogP contribution in [0.1, 0.15) is 27.0 Å². The summed E-state index contributed by atoms with van der Waals surface area (Å²) in [7, 11) is 0. The van der Waals surface area contributed by atoms with E-state index in [9.17, 15) is 23.1 Å². The van der Waals surface area contributed by atoms with Gasteiger partial charge in [-0.2, -0.15) is 13.2 Å². The molecule has 0 unspecified atom stereocenters. The largest absolute Gasteiger partial charge is 0.488 e. The Morgan fingerprint density at radius 3 is 2.32 bits per heavy atom. The molecule has 2 aromatic carbocycles. The molecule has 0 aliphatic carbocycles. The van der Waals surface area contributed by atoms with Crippen LogP contribution in [-0.2, 0) is 12.8 Å². The average molecular weight is 310 g/mol. The predicted octanol–water partition coefficient (Wildman–Crippen LogP) is 4.29. The number of hydrogen-bond acceptors (Lipinski definition) is 2. The fourth-order valence-electron chi connectivity index (χ4n) is 2.12. The Hall–Kier alpha value is -2.50. The zero-order chi connectivity index (χ0) is 16.3. The molecule has 0 aromatic heterocycles. The van der Waals surface area contributed by atoms with Crippen LogP contribution in [0.2, 0.25) is 0 Å². The fraction of sp³-hybridized carbons (Fsp3) is 0.188. The van der Waals surface area contributed by atoms with Crippen molar-refractivity contribution in [2.24, 2.45) is 0 Å². The van der Waals surface area contributed by atoms with Gasteiger partial charge < -0.3 is 9.84 Å². The van der Waals surface area contributed by atoms with Gasteiger partial charge in [0.05, 0.1) is 5.56 Å². The topological polar surface area (TPSA) is 46.5 Å². The molecule has 0 atom stereocenters. The standard InChI is InChI=1S/C16H13F3O3/c1-10-12(16(17,18)19)7-8-13(14(10)15(20)21)22-9-11-5-3-2-4-6-11/h2-8H,9H2,1H3,(H,20,21). The second-order valence-electron chi connectivity index (χ2n) is 4.69. The van der Waals surface area contributed by atoms with E-state index < -0.39 is 23.3 Å². The first-order chi connectivity index (χ1) is 10.3. The van der Waals surface area contributed by atoms with Crippen LogP contribution in [0, 0.1) is 6.92 Å². The minimum absolute atomic E-state index is 0.0753. The first-order valence-corrected chi connectivity index (χ1v) is 6.41. The van der Waals surface area contributed by atoms with E-state index in [1.54, 1.807) is 24.3 Å². The van der Waals surface area contributed by atoms with Crippen molar-refractivity contribution >= 4 is 5.97 Å². The molecular weight excluding hydrogens is 297 g/mol. The van der Waals surface area contributed by atoms with E-state index in [4.69, 9.17) is 4.74 Å². The van der Waals surface area contributed by atoms with Gasteiger partial charge in [-0.3, -0.25) is 0 Å². The van der Waals surface area contributed by atoms with Gasteiger partial charge in [0.15, 0.2) is 0 Å². The molecule has 2 aromatic rings. The molecule has 22 heavy (non-hydrogen) atoms. The Kier molecular flexibility index (Phi) is 4.40. The van der Waals surface area contributed by atoms with Gasteiger partial charge in [-0.15, -0.1) is 0 Å². The maximum absolute atomic E-state index is 12.8. The Labute approximate surface area is 125 Å². The number of hydrogen-bond donors (Lipinski definition) is 1. The molecule has 2 rings (SSSR count). The molecule has 0 spiro atoms. The summed E-state index contributed by atoms with van der Waals surface area (Å²) in [6.45, 7) is 1.20. The lowest BCUT2D eigenvalue weighted by Crippen LogP contribution is -2.13. The van der Waals surface area contributed by atoms with Crippen molar-refractivity contribution in [2.75, 3.05) is 0 Å². The van der Waals surface area contributed by atoms with Crippen LogP contribution in [0.4, 0.5) is 13.2 Å². The second kappa shape index (κ2) is 6.09. The van der Waals surface area contributed by atoms with Crippen molar-refractivity contribution in [3.63, 3.8) is 0 Å². The molecule has 0 aliphatic heterocycles. The minimum Gasteiger partial charge on any atom is -0.488 e. The molecule has 3 nitrogen and oxygen atoms in total. The maximum atomic E-state index is 12.8. The minimum atomic E-state index is -4.60. The highest BCUT2D eigenvalue weighted by Gasteiger charge is 2.35. The lowest BCUT2D eigenvalue weighted by Gasteiger charge is -2.16. The molecule has 116 valence electrons. The van der Waals surface area contributed by atoms with E-state index in [-0.39, 0.29) is 17.9 Å². The number of aromatic carboxylic acids is 1. The van der Waals surface area contributed by atoms with E-state index in [1.807, 2.05) is 6.07 Å². The van der Waals surface area contributed by atoms with Crippen molar-refractivity contribution in [2.45, 2.75) is 19.7 Å². The van der Waals surface area contributed by atoms with Crippen molar-refractivity contribution in [1.29, 1.82) is 0 Å². The van der Waals surface area contributed by atoms with Crippen LogP contribution in [-0.4, -0.2) is 11.1 Å². The van der Waals surface area contributed by atoms with Crippen LogP contribution in [0.3, 0.4) is 0 Å². The Balaban J connectivity index is 2.36. The van der Waals surface area contributed by atoms with Gasteiger partial charge in [0.25, 0.3) is 0 Å². The maximum Gasteiger partial charge on any atom is 0.416 e. The molecule has 0 aliphatic rings. The van der Waals surface area contributed by atoms with Crippen LogP contribution in [0.5, 0.6) is 5.75 Å². The van der Waals surface area contributed by atoms with Gasteiger partial charge in [0.2, 0.25) is 0 Å². The highest BCUT2D eigenvalue weighted by atomic mass is 19.4. The van der Waals surface area contributed by atoms with Gasteiger partial charge in [-0.1, -0.05) is 30.3 Å². The number of ether oxygens (including phenoxy) is 1. The lowest BCUT2D eigenvalue weighted by atomic mass is 10.0. The summed E-state index contributed by atoms with van der Waals surface area (Å²) in [5.41, 5.74) is -1.01. The summed E-state index contributed by atoms with van der Waals surface area (Å²) in [5.74, 6) is -1.53. The smallest absolute Gasteiger partial charge is 0.416 e. The van der Waals surface area contributed by atoms with Gasteiger partial charge in [-0.05, 0) is 30.2 Å². The van der Waals surface area contributed by atoms with Gasteiger partial charge >= 0.3 is 12.1 Å². The number of carbonyl (C=O) groups is 1. The van der Waals surface area contributed by atoms with E-state index >= 15 is 0 Å². The molecule has 0 fully saturated rings. The van der Waals surface area contributed by atoms with Crippen LogP contribution in [0.25, 0.3) is 0 Å². The van der Waals surface area contributed by atoms with Crippen LogP contribution in [0.15, 0.2) is 42.5 Å². The first-order valence-electron chi connectivity index (χ1n) is 6.41. The molecule has 0 bridgehead atoms. The number of rotatable bonds is 4. The Morgan fingerprint density at radius 2 is 1.77 bits per heavy atom. The number of carboxylic acids is 1. The summed E-state index contributed by atoms with van der Waals surface area (Å²) in [6, 6.07) is 10.8. The van der Waals surface area contributed by atoms with E-state index in [0.29, 0.717) is 0 Å². The molecule has 6 heteroatoms.